The molecule has 25 heavy (non-hydrogen) atoms. The molecule has 1 heterocycles. The lowest BCUT2D eigenvalue weighted by atomic mass is 10.1. The first-order chi connectivity index (χ1) is 11.9. The van der Waals surface area contributed by atoms with E-state index in [1.807, 2.05) is 66.5 Å². The van der Waals surface area contributed by atoms with E-state index in [9.17, 15) is 9.59 Å². The summed E-state index contributed by atoms with van der Waals surface area (Å²) in [6.07, 6.45) is 1.48. The first-order valence-electron chi connectivity index (χ1n) is 7.93. The quantitative estimate of drug-likeness (QED) is 0.486. The molecule has 0 aromatic heterocycles. The van der Waals surface area contributed by atoms with Crippen LogP contribution in [0.2, 0.25) is 0 Å². The summed E-state index contributed by atoms with van der Waals surface area (Å²) in [6, 6.07) is 17.5. The topological polar surface area (TPSA) is 55.8 Å². The Labute approximate surface area is 146 Å². The minimum absolute atomic E-state index is 0.108. The maximum Gasteiger partial charge on any atom is 0.348 e. The second-order valence-corrected chi connectivity index (χ2v) is 6.22. The van der Waals surface area contributed by atoms with E-state index in [0.717, 1.165) is 11.4 Å². The highest BCUT2D eigenvalue weighted by Gasteiger charge is 2.38. The zero-order chi connectivity index (χ0) is 18.0. The molecule has 1 saturated heterocycles. The first kappa shape index (κ1) is 16.8. The number of nitrogens with zero attached hydrogens (tertiary/aromatic N) is 1. The number of ether oxygens (including phenoxy) is 2. The third kappa shape index (κ3) is 3.71. The summed E-state index contributed by atoms with van der Waals surface area (Å²) in [7, 11) is 1.97. The molecule has 2 aromatic carbocycles. The maximum absolute atomic E-state index is 12.0. The smallest absolute Gasteiger partial charge is 0.348 e. The van der Waals surface area contributed by atoms with Gasteiger partial charge in [-0.2, -0.15) is 0 Å². The zero-order valence-electron chi connectivity index (χ0n) is 14.4. The molecule has 0 aliphatic carbocycles. The van der Waals surface area contributed by atoms with Crippen molar-refractivity contribution in [3.8, 4) is 0 Å². The molecule has 128 valence electrons. The molecule has 3 rings (SSSR count). The van der Waals surface area contributed by atoms with Gasteiger partial charge in [-0.3, -0.25) is 0 Å². The Morgan fingerprint density at radius 2 is 1.36 bits per heavy atom. The molecular formula is C20H19NO4. The van der Waals surface area contributed by atoms with Crippen LogP contribution in [0.4, 0.5) is 11.4 Å². The van der Waals surface area contributed by atoms with Crippen molar-refractivity contribution < 1.29 is 19.1 Å². The van der Waals surface area contributed by atoms with E-state index in [1.54, 1.807) is 0 Å². The average Bonchev–Trinajstić information content (AvgIpc) is 2.58. The van der Waals surface area contributed by atoms with Gasteiger partial charge in [0.05, 0.1) is 0 Å². The summed E-state index contributed by atoms with van der Waals surface area (Å²) in [6.45, 7) is 3.04. The van der Waals surface area contributed by atoms with E-state index in [2.05, 4.69) is 0 Å². The van der Waals surface area contributed by atoms with E-state index in [4.69, 9.17) is 9.47 Å². The van der Waals surface area contributed by atoms with Crippen molar-refractivity contribution in [3.63, 3.8) is 0 Å². The van der Waals surface area contributed by atoms with Gasteiger partial charge in [-0.15, -0.1) is 0 Å². The number of benzene rings is 2. The van der Waals surface area contributed by atoms with Crippen LogP contribution in [0.25, 0.3) is 6.08 Å². The highest BCUT2D eigenvalue weighted by Crippen LogP contribution is 2.26. The minimum atomic E-state index is -1.23. The maximum atomic E-state index is 12.0. The number of hydrogen-bond donors (Lipinski definition) is 0. The van der Waals surface area contributed by atoms with Gasteiger partial charge in [-0.25, -0.2) is 9.59 Å². The van der Waals surface area contributed by atoms with Gasteiger partial charge in [-0.1, -0.05) is 30.3 Å². The predicted octanol–water partition coefficient (Wildman–Crippen LogP) is 3.67. The Hall–Kier alpha value is -3.08. The molecule has 1 aliphatic heterocycles. The van der Waals surface area contributed by atoms with Crippen LogP contribution in [0.15, 0.2) is 60.2 Å². The van der Waals surface area contributed by atoms with Crippen molar-refractivity contribution in [2.75, 3.05) is 11.9 Å². The Kier molecular flexibility index (Phi) is 4.31. The Balaban J connectivity index is 1.81. The third-order valence-corrected chi connectivity index (χ3v) is 3.85. The van der Waals surface area contributed by atoms with Crippen LogP contribution in [0, 0.1) is 0 Å². The number of para-hydroxylation sites is 1. The van der Waals surface area contributed by atoms with Crippen LogP contribution in [-0.2, 0) is 19.1 Å². The first-order valence-corrected chi connectivity index (χ1v) is 7.93. The number of carbonyl (C=O) groups is 2. The second-order valence-electron chi connectivity index (χ2n) is 6.22. The van der Waals surface area contributed by atoms with Crippen molar-refractivity contribution in [2.45, 2.75) is 19.6 Å². The number of cyclic esters (lactones) is 2. The summed E-state index contributed by atoms with van der Waals surface area (Å²) < 4.78 is 10.2. The van der Waals surface area contributed by atoms with Gasteiger partial charge in [-0.05, 0) is 35.9 Å². The molecular weight excluding hydrogens is 318 g/mol. The van der Waals surface area contributed by atoms with E-state index in [-0.39, 0.29) is 5.57 Å². The molecule has 0 bridgehead atoms. The Morgan fingerprint density at radius 3 is 1.92 bits per heavy atom. The molecule has 2 aromatic rings. The molecule has 0 saturated carbocycles. The third-order valence-electron chi connectivity index (χ3n) is 3.85. The monoisotopic (exact) mass is 337 g/mol. The highest BCUT2D eigenvalue weighted by molar-refractivity contribution is 6.18. The predicted molar refractivity (Wildman–Crippen MR) is 95.2 cm³/mol. The van der Waals surface area contributed by atoms with Crippen molar-refractivity contribution >= 4 is 29.4 Å². The molecule has 5 nitrogen and oxygen atoms in total. The molecule has 0 unspecified atom stereocenters. The number of anilines is 2. The summed E-state index contributed by atoms with van der Waals surface area (Å²) in [5.74, 6) is -2.58. The zero-order valence-corrected chi connectivity index (χ0v) is 14.4. The largest absolute Gasteiger partial charge is 0.419 e. The molecule has 0 radical (unpaired) electrons. The minimum Gasteiger partial charge on any atom is -0.419 e. The van der Waals surface area contributed by atoms with Crippen LogP contribution in [-0.4, -0.2) is 24.8 Å². The summed E-state index contributed by atoms with van der Waals surface area (Å²) in [5, 5.41) is 0. The molecule has 5 heteroatoms. The van der Waals surface area contributed by atoms with Gasteiger partial charge in [0.15, 0.2) is 0 Å². The van der Waals surface area contributed by atoms with Crippen molar-refractivity contribution in [1.29, 1.82) is 0 Å². The lowest BCUT2D eigenvalue weighted by Gasteiger charge is -2.29. The lowest BCUT2D eigenvalue weighted by Crippen LogP contribution is -2.41. The van der Waals surface area contributed by atoms with Gasteiger partial charge >= 0.3 is 11.9 Å². The van der Waals surface area contributed by atoms with Crippen LogP contribution < -0.4 is 4.90 Å². The fraction of sp³-hybridized carbons (Fsp3) is 0.200. The van der Waals surface area contributed by atoms with E-state index in [0.29, 0.717) is 5.56 Å². The standard InChI is InChI=1S/C20H19NO4/c1-20(2)24-18(22)17(19(23)25-20)13-14-9-11-16(12-10-14)21(3)15-7-5-4-6-8-15/h4-13H,1-3H3. The molecule has 1 fully saturated rings. The Bertz CT molecular complexity index is 801. The summed E-state index contributed by atoms with van der Waals surface area (Å²) in [5.41, 5.74) is 2.66. The van der Waals surface area contributed by atoms with Crippen molar-refractivity contribution in [3.05, 3.63) is 65.7 Å². The van der Waals surface area contributed by atoms with Crippen LogP contribution in [0.5, 0.6) is 0 Å². The van der Waals surface area contributed by atoms with E-state index in [1.165, 1.54) is 19.9 Å². The molecule has 0 atom stereocenters. The second kappa shape index (κ2) is 6.43. The molecule has 0 amide bonds. The fourth-order valence-electron chi connectivity index (χ4n) is 2.54. The van der Waals surface area contributed by atoms with Gasteiger partial charge in [0, 0.05) is 32.3 Å². The number of esters is 2. The average molecular weight is 337 g/mol. The summed E-state index contributed by atoms with van der Waals surface area (Å²) in [4.78, 5) is 26.0. The van der Waals surface area contributed by atoms with E-state index < -0.39 is 17.7 Å². The van der Waals surface area contributed by atoms with Crippen LogP contribution in [0.1, 0.15) is 19.4 Å². The number of rotatable bonds is 3. The number of carbonyl (C=O) groups excluding carboxylic acids is 2. The van der Waals surface area contributed by atoms with Gasteiger partial charge in [0.25, 0.3) is 5.79 Å². The van der Waals surface area contributed by atoms with Crippen molar-refractivity contribution in [1.82, 2.24) is 0 Å². The normalized spacial score (nSPS) is 16.0. The van der Waals surface area contributed by atoms with Gasteiger partial charge in [0.2, 0.25) is 0 Å². The highest BCUT2D eigenvalue weighted by atomic mass is 16.7. The van der Waals surface area contributed by atoms with Crippen LogP contribution >= 0.6 is 0 Å². The SMILES string of the molecule is CN(c1ccccc1)c1ccc(C=C2C(=O)OC(C)(C)OC2=O)cc1. The molecule has 1 aliphatic rings. The number of hydrogen-bond acceptors (Lipinski definition) is 5. The van der Waals surface area contributed by atoms with Gasteiger partial charge in [0.1, 0.15) is 5.57 Å². The molecule has 0 N–H and O–H groups in total. The van der Waals surface area contributed by atoms with Gasteiger partial charge < -0.3 is 14.4 Å². The fourth-order valence-corrected chi connectivity index (χ4v) is 2.54. The van der Waals surface area contributed by atoms with Crippen molar-refractivity contribution in [2.24, 2.45) is 0 Å². The van der Waals surface area contributed by atoms with E-state index >= 15 is 0 Å². The molecule has 0 spiro atoms. The summed E-state index contributed by atoms with van der Waals surface area (Å²) >= 11 is 0. The van der Waals surface area contributed by atoms with Crippen LogP contribution in [0.3, 0.4) is 0 Å². The lowest BCUT2D eigenvalue weighted by molar-refractivity contribution is -0.222. The Morgan fingerprint density at radius 1 is 0.840 bits per heavy atom.